The van der Waals surface area contributed by atoms with Gasteiger partial charge in [0.15, 0.2) is 0 Å². The van der Waals surface area contributed by atoms with E-state index in [1.165, 1.54) is 18.2 Å². The Hall–Kier alpha value is -1.98. The number of rotatable bonds is 3. The average molecular weight is 216 g/mol. The van der Waals surface area contributed by atoms with Crippen LogP contribution in [0.15, 0.2) is 30.3 Å². The van der Waals surface area contributed by atoms with Crippen molar-refractivity contribution in [2.45, 2.75) is 5.67 Å². The Morgan fingerprint density at radius 2 is 1.80 bits per heavy atom. The molecule has 1 N–H and O–H groups in total. The predicted octanol–water partition coefficient (Wildman–Crippen LogP) is 1.36. The monoisotopic (exact) mass is 216 g/mol. The first-order valence-corrected chi connectivity index (χ1v) is 3.84. The van der Waals surface area contributed by atoms with Gasteiger partial charge >= 0.3 is 17.6 Å². The lowest BCUT2D eigenvalue weighted by molar-refractivity contribution is -0.203. The van der Waals surface area contributed by atoms with Crippen molar-refractivity contribution in [3.8, 4) is 0 Å². The molecule has 6 heteroatoms. The lowest BCUT2D eigenvalue weighted by atomic mass is 9.96. The molecule has 1 atom stereocenters. The lowest BCUT2D eigenvalue weighted by Crippen LogP contribution is -2.39. The van der Waals surface area contributed by atoms with Gasteiger partial charge in [-0.05, 0) is 0 Å². The van der Waals surface area contributed by atoms with Crippen molar-refractivity contribution >= 4 is 11.9 Å². The molecule has 0 saturated carbocycles. The number of carbonyl (C=O) groups excluding carboxylic acids is 1. The van der Waals surface area contributed by atoms with Gasteiger partial charge in [-0.1, -0.05) is 30.3 Å². The maximum atomic E-state index is 13.7. The number of alkyl halides is 1. The van der Waals surface area contributed by atoms with Crippen molar-refractivity contribution in [1.82, 2.24) is 0 Å². The second kappa shape index (κ2) is 4.04. The molecule has 0 aliphatic rings. The van der Waals surface area contributed by atoms with Gasteiger partial charge in [0, 0.05) is 10.1 Å². The largest absolute Gasteiger partial charge is 0.478 e. The molecule has 0 amide bonds. The summed E-state index contributed by atoms with van der Waals surface area (Å²) in [6.07, 6.45) is 0. The van der Waals surface area contributed by atoms with Crippen molar-refractivity contribution in [2.24, 2.45) is 0 Å². The topological polar surface area (TPSA) is 63.6 Å². The SMILES string of the molecule is O=C(O)C(F)(C(=O)OF)c1ccccc1. The summed E-state index contributed by atoms with van der Waals surface area (Å²) in [4.78, 5) is 23.9. The van der Waals surface area contributed by atoms with Crippen LogP contribution in [0.3, 0.4) is 0 Å². The van der Waals surface area contributed by atoms with E-state index in [9.17, 15) is 18.5 Å². The fraction of sp³-hybridized carbons (Fsp3) is 0.111. The predicted molar refractivity (Wildman–Crippen MR) is 44.1 cm³/mol. The molecule has 1 aromatic carbocycles. The molecule has 0 aliphatic heterocycles. The number of hydrogen-bond donors (Lipinski definition) is 1. The van der Waals surface area contributed by atoms with E-state index in [-0.39, 0.29) is 0 Å². The molecule has 80 valence electrons. The molecular formula is C9H6F2O4. The van der Waals surface area contributed by atoms with Gasteiger partial charge < -0.3 is 5.11 Å². The third-order valence-corrected chi connectivity index (χ3v) is 1.82. The zero-order chi connectivity index (χ0) is 11.5. The lowest BCUT2D eigenvalue weighted by Gasteiger charge is -2.15. The molecule has 1 aromatic rings. The molecule has 0 aromatic heterocycles. The molecule has 0 radical (unpaired) electrons. The standard InChI is InChI=1S/C9H6F2O4/c10-9(7(12)13,8(14)15-11)6-4-2-1-3-5-6/h1-5H,(H,12,13). The van der Waals surface area contributed by atoms with Crippen molar-refractivity contribution in [2.75, 3.05) is 0 Å². The number of aliphatic carboxylic acids is 1. The van der Waals surface area contributed by atoms with Gasteiger partial charge in [-0.15, -0.1) is 0 Å². The van der Waals surface area contributed by atoms with E-state index in [0.29, 0.717) is 0 Å². The van der Waals surface area contributed by atoms with Crippen LogP contribution in [0.1, 0.15) is 5.56 Å². The molecule has 1 unspecified atom stereocenters. The van der Waals surface area contributed by atoms with Crippen molar-refractivity contribution in [3.05, 3.63) is 35.9 Å². The van der Waals surface area contributed by atoms with E-state index in [4.69, 9.17) is 5.11 Å². The maximum Gasteiger partial charge on any atom is 0.401 e. The van der Waals surface area contributed by atoms with E-state index >= 15 is 0 Å². The minimum Gasteiger partial charge on any atom is -0.478 e. The quantitative estimate of drug-likeness (QED) is 0.775. The highest BCUT2D eigenvalue weighted by atomic mass is 19.3. The summed E-state index contributed by atoms with van der Waals surface area (Å²) in [5.74, 6) is -4.24. The van der Waals surface area contributed by atoms with Crippen LogP contribution in [0.5, 0.6) is 0 Å². The number of carboxylic acid groups (broad SMARTS) is 1. The zero-order valence-corrected chi connectivity index (χ0v) is 7.31. The third-order valence-electron chi connectivity index (χ3n) is 1.82. The van der Waals surface area contributed by atoms with Crippen LogP contribution in [0.2, 0.25) is 0 Å². The molecule has 1 rings (SSSR count). The number of hydrogen-bond acceptors (Lipinski definition) is 3. The van der Waals surface area contributed by atoms with Crippen LogP contribution in [-0.4, -0.2) is 17.0 Å². The van der Waals surface area contributed by atoms with Crippen LogP contribution in [0.25, 0.3) is 0 Å². The molecule has 4 nitrogen and oxygen atoms in total. The van der Waals surface area contributed by atoms with Gasteiger partial charge in [-0.3, -0.25) is 4.94 Å². The van der Waals surface area contributed by atoms with Crippen LogP contribution in [0, 0.1) is 0 Å². The molecule has 0 fully saturated rings. The summed E-state index contributed by atoms with van der Waals surface area (Å²) in [5, 5.41) is 8.54. The Morgan fingerprint density at radius 1 is 1.27 bits per heavy atom. The van der Waals surface area contributed by atoms with Crippen molar-refractivity contribution in [3.63, 3.8) is 0 Å². The van der Waals surface area contributed by atoms with Gasteiger partial charge in [-0.2, -0.15) is 0 Å². The molecule has 0 saturated heterocycles. The van der Waals surface area contributed by atoms with Gasteiger partial charge in [-0.25, -0.2) is 14.0 Å². The van der Waals surface area contributed by atoms with Crippen molar-refractivity contribution < 1.29 is 28.6 Å². The summed E-state index contributed by atoms with van der Waals surface area (Å²) in [6.45, 7) is 0. The highest BCUT2D eigenvalue weighted by Crippen LogP contribution is 2.28. The average Bonchev–Trinajstić information content (AvgIpc) is 2.27. The third kappa shape index (κ3) is 1.78. The van der Waals surface area contributed by atoms with Crippen molar-refractivity contribution in [1.29, 1.82) is 0 Å². The Morgan fingerprint density at radius 3 is 2.20 bits per heavy atom. The van der Waals surface area contributed by atoms with Gasteiger partial charge in [0.1, 0.15) is 0 Å². The van der Waals surface area contributed by atoms with E-state index < -0.39 is 23.2 Å². The normalized spacial score (nSPS) is 14.0. The van der Waals surface area contributed by atoms with Crippen LogP contribution >= 0.6 is 0 Å². The van der Waals surface area contributed by atoms with E-state index in [1.807, 2.05) is 0 Å². The highest BCUT2D eigenvalue weighted by Gasteiger charge is 2.51. The Balaban J connectivity index is 3.25. The van der Waals surface area contributed by atoms with Gasteiger partial charge in [0.05, 0.1) is 0 Å². The summed E-state index contributed by atoms with van der Waals surface area (Å²) in [6, 6.07) is 6.22. The van der Waals surface area contributed by atoms with Crippen LogP contribution in [0.4, 0.5) is 8.92 Å². The fourth-order valence-corrected chi connectivity index (χ4v) is 1.05. The summed E-state index contributed by atoms with van der Waals surface area (Å²) < 4.78 is 25.3. The molecule has 0 spiro atoms. The Labute approximate surface area is 83.0 Å². The highest BCUT2D eigenvalue weighted by molar-refractivity contribution is 6.03. The van der Waals surface area contributed by atoms with E-state index in [1.54, 1.807) is 0 Å². The van der Waals surface area contributed by atoms with E-state index in [0.717, 1.165) is 12.1 Å². The smallest absolute Gasteiger partial charge is 0.401 e. The number of halogens is 2. The number of benzene rings is 1. The zero-order valence-electron chi connectivity index (χ0n) is 7.31. The van der Waals surface area contributed by atoms with Gasteiger partial charge in [0.2, 0.25) is 0 Å². The molecule has 0 heterocycles. The first-order chi connectivity index (χ1) is 7.03. The minimum absolute atomic E-state index is 0.500. The maximum absolute atomic E-state index is 13.7. The van der Waals surface area contributed by atoms with Gasteiger partial charge in [0.25, 0.3) is 0 Å². The van der Waals surface area contributed by atoms with Crippen LogP contribution < -0.4 is 0 Å². The molecule has 0 bridgehead atoms. The molecule has 15 heavy (non-hydrogen) atoms. The fourth-order valence-electron chi connectivity index (χ4n) is 1.05. The Kier molecular flexibility index (Phi) is 2.99. The minimum atomic E-state index is -3.52. The first kappa shape index (κ1) is 11.1. The first-order valence-electron chi connectivity index (χ1n) is 3.84. The summed E-state index contributed by atoms with van der Waals surface area (Å²) >= 11 is 0. The second-order valence-corrected chi connectivity index (χ2v) is 2.69. The van der Waals surface area contributed by atoms with Crippen LogP contribution in [-0.2, 0) is 20.2 Å². The molecular weight excluding hydrogens is 210 g/mol. The summed E-state index contributed by atoms with van der Waals surface area (Å²) in [7, 11) is 0. The van der Waals surface area contributed by atoms with E-state index in [2.05, 4.69) is 4.94 Å². The number of carbonyl (C=O) groups is 2. The molecule has 0 aliphatic carbocycles. The Bertz CT molecular complexity index is 379. The second-order valence-electron chi connectivity index (χ2n) is 2.69. The summed E-state index contributed by atoms with van der Waals surface area (Å²) in [5.41, 5.74) is -4.02. The number of carboxylic acids is 1.